The van der Waals surface area contributed by atoms with Gasteiger partial charge >= 0.3 is 6.03 Å². The highest BCUT2D eigenvalue weighted by Crippen LogP contribution is 2.22. The van der Waals surface area contributed by atoms with Gasteiger partial charge in [0.2, 0.25) is 0 Å². The molecule has 2 amide bonds. The number of likely N-dealkylation sites (tertiary alicyclic amines) is 1. The van der Waals surface area contributed by atoms with Crippen LogP contribution in [0, 0.1) is 0 Å². The van der Waals surface area contributed by atoms with Crippen LogP contribution in [0.3, 0.4) is 0 Å². The lowest BCUT2D eigenvalue weighted by atomic mass is 10.2. The number of rotatable bonds is 4. The number of hydrogen-bond acceptors (Lipinski definition) is 3. The Balaban J connectivity index is 1.68. The van der Waals surface area contributed by atoms with Crippen LogP contribution < -0.4 is 5.32 Å². The second-order valence-electron chi connectivity index (χ2n) is 6.25. The molecule has 1 N–H and O–H groups in total. The summed E-state index contributed by atoms with van der Waals surface area (Å²) >= 11 is 0. The van der Waals surface area contributed by atoms with Crippen LogP contribution >= 0.6 is 0 Å². The lowest BCUT2D eigenvalue weighted by Crippen LogP contribution is -2.41. The van der Waals surface area contributed by atoms with Crippen molar-refractivity contribution < 1.29 is 4.79 Å². The molecule has 2 aromatic rings. The van der Waals surface area contributed by atoms with Gasteiger partial charge in [-0.15, -0.1) is 0 Å². The highest BCUT2D eigenvalue weighted by molar-refractivity contribution is 5.89. The van der Waals surface area contributed by atoms with Gasteiger partial charge in [0.05, 0.1) is 17.9 Å². The van der Waals surface area contributed by atoms with E-state index in [-0.39, 0.29) is 12.1 Å². The Morgan fingerprint density at radius 1 is 1.43 bits per heavy atom. The molecule has 0 saturated carbocycles. The van der Waals surface area contributed by atoms with Gasteiger partial charge in [0, 0.05) is 37.6 Å². The Morgan fingerprint density at radius 3 is 3.04 bits per heavy atom. The Labute approximate surface area is 136 Å². The van der Waals surface area contributed by atoms with E-state index in [4.69, 9.17) is 0 Å². The zero-order chi connectivity index (χ0) is 16.2. The van der Waals surface area contributed by atoms with Gasteiger partial charge in [0.1, 0.15) is 5.82 Å². The summed E-state index contributed by atoms with van der Waals surface area (Å²) in [5.74, 6) is 1.45. The summed E-state index contributed by atoms with van der Waals surface area (Å²) in [5, 5.41) is 2.93. The standard InChI is InChI=1S/C17H23N5O/c1-13(2)16-19-8-10-21(16)12-15-6-4-9-22(15)17(23)20-14-5-3-7-18-11-14/h3,5,7-8,10-11,13,15H,4,6,9,12H2,1-2H3,(H,20,23)/t15-/m1/s1. The van der Waals surface area contributed by atoms with E-state index in [1.54, 1.807) is 12.4 Å². The van der Waals surface area contributed by atoms with Gasteiger partial charge in [-0.2, -0.15) is 0 Å². The number of imidazole rings is 1. The number of nitrogens with zero attached hydrogens (tertiary/aromatic N) is 4. The third kappa shape index (κ3) is 3.52. The van der Waals surface area contributed by atoms with Crippen molar-refractivity contribution in [3.63, 3.8) is 0 Å². The van der Waals surface area contributed by atoms with E-state index in [2.05, 4.69) is 33.7 Å². The molecule has 1 atom stereocenters. The average Bonchev–Trinajstić information content (AvgIpc) is 3.18. The second kappa shape index (κ2) is 6.81. The molecule has 2 aromatic heterocycles. The number of nitrogens with one attached hydrogen (secondary N) is 1. The predicted molar refractivity (Wildman–Crippen MR) is 89.3 cm³/mol. The molecule has 6 heteroatoms. The molecular weight excluding hydrogens is 290 g/mol. The molecule has 3 heterocycles. The molecule has 23 heavy (non-hydrogen) atoms. The molecule has 0 unspecified atom stereocenters. The van der Waals surface area contributed by atoms with Crippen molar-refractivity contribution >= 4 is 11.7 Å². The first-order chi connectivity index (χ1) is 11.1. The second-order valence-corrected chi connectivity index (χ2v) is 6.25. The minimum atomic E-state index is -0.0493. The van der Waals surface area contributed by atoms with Crippen LogP contribution in [0.2, 0.25) is 0 Å². The molecule has 0 aromatic carbocycles. The lowest BCUT2D eigenvalue weighted by molar-refractivity contribution is 0.200. The third-order valence-corrected chi connectivity index (χ3v) is 4.22. The average molecular weight is 313 g/mol. The summed E-state index contributed by atoms with van der Waals surface area (Å²) in [6, 6.07) is 3.82. The molecular formula is C17H23N5O. The minimum Gasteiger partial charge on any atom is -0.333 e. The van der Waals surface area contributed by atoms with Gasteiger partial charge < -0.3 is 14.8 Å². The van der Waals surface area contributed by atoms with Gasteiger partial charge in [-0.1, -0.05) is 13.8 Å². The van der Waals surface area contributed by atoms with Crippen molar-refractivity contribution in [3.8, 4) is 0 Å². The molecule has 0 radical (unpaired) electrons. The van der Waals surface area contributed by atoms with Crippen LogP contribution in [-0.4, -0.2) is 38.1 Å². The number of urea groups is 1. The summed E-state index contributed by atoms with van der Waals surface area (Å²) < 4.78 is 2.17. The molecule has 3 rings (SSSR count). The Bertz CT molecular complexity index is 652. The fourth-order valence-corrected chi connectivity index (χ4v) is 3.13. The van der Waals surface area contributed by atoms with Crippen molar-refractivity contribution in [2.75, 3.05) is 11.9 Å². The van der Waals surface area contributed by atoms with Gasteiger partial charge in [0.15, 0.2) is 0 Å². The zero-order valence-electron chi connectivity index (χ0n) is 13.6. The van der Waals surface area contributed by atoms with Crippen molar-refractivity contribution in [2.24, 2.45) is 0 Å². The number of aromatic nitrogens is 3. The highest BCUT2D eigenvalue weighted by atomic mass is 16.2. The molecule has 1 aliphatic rings. The highest BCUT2D eigenvalue weighted by Gasteiger charge is 2.29. The van der Waals surface area contributed by atoms with Gasteiger partial charge in [0.25, 0.3) is 0 Å². The molecule has 6 nitrogen and oxygen atoms in total. The van der Waals surface area contributed by atoms with Crippen LogP contribution in [0.5, 0.6) is 0 Å². The predicted octanol–water partition coefficient (Wildman–Crippen LogP) is 3.10. The van der Waals surface area contributed by atoms with E-state index >= 15 is 0 Å². The van der Waals surface area contributed by atoms with Crippen LogP contribution in [-0.2, 0) is 6.54 Å². The van der Waals surface area contributed by atoms with Gasteiger partial charge in [-0.05, 0) is 25.0 Å². The first kappa shape index (κ1) is 15.5. The number of amides is 2. The first-order valence-electron chi connectivity index (χ1n) is 8.14. The van der Waals surface area contributed by atoms with E-state index in [1.807, 2.05) is 29.4 Å². The maximum atomic E-state index is 12.5. The largest absolute Gasteiger partial charge is 0.333 e. The number of pyridine rings is 1. The monoisotopic (exact) mass is 313 g/mol. The maximum absolute atomic E-state index is 12.5. The first-order valence-corrected chi connectivity index (χ1v) is 8.14. The molecule has 0 spiro atoms. The SMILES string of the molecule is CC(C)c1nccn1C[C@H]1CCCN1C(=O)Nc1cccnc1. The fraction of sp³-hybridized carbons (Fsp3) is 0.471. The summed E-state index contributed by atoms with van der Waals surface area (Å²) in [6.45, 7) is 5.87. The summed E-state index contributed by atoms with van der Waals surface area (Å²) in [7, 11) is 0. The van der Waals surface area contributed by atoms with E-state index in [0.29, 0.717) is 5.92 Å². The summed E-state index contributed by atoms with van der Waals surface area (Å²) in [5.41, 5.74) is 0.730. The number of anilines is 1. The van der Waals surface area contributed by atoms with Crippen LogP contribution in [0.15, 0.2) is 36.9 Å². The normalized spacial score (nSPS) is 17.7. The number of carbonyl (C=O) groups is 1. The van der Waals surface area contributed by atoms with Crippen molar-refractivity contribution in [2.45, 2.75) is 45.2 Å². The summed E-state index contributed by atoms with van der Waals surface area (Å²) in [4.78, 5) is 22.9. The Kier molecular flexibility index (Phi) is 4.60. The van der Waals surface area contributed by atoms with Crippen molar-refractivity contribution in [3.05, 3.63) is 42.7 Å². The Morgan fingerprint density at radius 2 is 2.30 bits per heavy atom. The fourth-order valence-electron chi connectivity index (χ4n) is 3.13. The molecule has 1 fully saturated rings. The topological polar surface area (TPSA) is 63.1 Å². The minimum absolute atomic E-state index is 0.0493. The maximum Gasteiger partial charge on any atom is 0.322 e. The van der Waals surface area contributed by atoms with Gasteiger partial charge in [-0.25, -0.2) is 9.78 Å². The van der Waals surface area contributed by atoms with E-state index in [9.17, 15) is 4.79 Å². The zero-order valence-corrected chi connectivity index (χ0v) is 13.6. The smallest absolute Gasteiger partial charge is 0.322 e. The summed E-state index contributed by atoms with van der Waals surface area (Å²) in [6.07, 6.45) is 9.26. The molecule has 1 aliphatic heterocycles. The molecule has 0 bridgehead atoms. The van der Waals surface area contributed by atoms with E-state index in [0.717, 1.165) is 37.4 Å². The quantitative estimate of drug-likeness (QED) is 0.943. The van der Waals surface area contributed by atoms with E-state index < -0.39 is 0 Å². The van der Waals surface area contributed by atoms with E-state index in [1.165, 1.54) is 0 Å². The van der Waals surface area contributed by atoms with Crippen LogP contribution in [0.1, 0.15) is 38.4 Å². The lowest BCUT2D eigenvalue weighted by Gasteiger charge is -2.26. The molecule has 1 saturated heterocycles. The van der Waals surface area contributed by atoms with Crippen molar-refractivity contribution in [1.29, 1.82) is 0 Å². The molecule has 0 aliphatic carbocycles. The molecule has 122 valence electrons. The van der Waals surface area contributed by atoms with Crippen LogP contribution in [0.4, 0.5) is 10.5 Å². The van der Waals surface area contributed by atoms with Gasteiger partial charge in [-0.3, -0.25) is 4.98 Å². The third-order valence-electron chi connectivity index (χ3n) is 4.22. The Hall–Kier alpha value is -2.37. The van der Waals surface area contributed by atoms with Crippen LogP contribution in [0.25, 0.3) is 0 Å². The number of carbonyl (C=O) groups excluding carboxylic acids is 1. The number of hydrogen-bond donors (Lipinski definition) is 1. The van der Waals surface area contributed by atoms with Crippen molar-refractivity contribution in [1.82, 2.24) is 19.4 Å².